The summed E-state index contributed by atoms with van der Waals surface area (Å²) in [5.41, 5.74) is 3.04. The first-order chi connectivity index (χ1) is 14.6. The lowest BCUT2D eigenvalue weighted by Gasteiger charge is -2.22. The highest BCUT2D eigenvalue weighted by atomic mass is 35.5. The van der Waals surface area contributed by atoms with Gasteiger partial charge in [-0.3, -0.25) is 4.79 Å². The van der Waals surface area contributed by atoms with Crippen molar-refractivity contribution in [2.45, 2.75) is 5.92 Å². The molecule has 154 valence electrons. The third-order valence-electron chi connectivity index (χ3n) is 5.07. The van der Waals surface area contributed by atoms with Crippen LogP contribution in [0.25, 0.3) is 10.9 Å². The molecule has 2 N–H and O–H groups in total. The number of hydrogen-bond donors (Lipinski definition) is 2. The van der Waals surface area contributed by atoms with Gasteiger partial charge in [0, 0.05) is 35.1 Å². The van der Waals surface area contributed by atoms with E-state index in [1.807, 2.05) is 42.6 Å². The number of rotatable bonds is 7. The van der Waals surface area contributed by atoms with Crippen LogP contribution in [-0.2, 0) is 0 Å². The Balaban J connectivity index is 1.75. The highest BCUT2D eigenvalue weighted by Gasteiger charge is 2.24. The second-order valence-electron chi connectivity index (χ2n) is 6.74. The van der Waals surface area contributed by atoms with Gasteiger partial charge in [-0.25, -0.2) is 0 Å². The summed E-state index contributed by atoms with van der Waals surface area (Å²) in [6.07, 6.45) is 1.99. The Bertz CT molecular complexity index is 1180. The fraction of sp³-hybridized carbons (Fsp3) is 0.174. The topological polar surface area (TPSA) is 63.3 Å². The Morgan fingerprint density at radius 3 is 2.63 bits per heavy atom. The van der Waals surface area contributed by atoms with Gasteiger partial charge in [0.25, 0.3) is 5.91 Å². The summed E-state index contributed by atoms with van der Waals surface area (Å²) < 4.78 is 11.8. The zero-order valence-electron chi connectivity index (χ0n) is 16.6. The predicted octanol–water partition coefficient (Wildman–Crippen LogP) is 5.46. The number of amides is 1. The molecule has 30 heavy (non-hydrogen) atoms. The number of H-pyrrole nitrogens is 1. The van der Waals surface area contributed by atoms with E-state index >= 15 is 0 Å². The quantitative estimate of drug-likeness (QED) is 0.401. The molecule has 7 heteroatoms. The van der Waals surface area contributed by atoms with Crippen molar-refractivity contribution in [2.75, 3.05) is 20.8 Å². The van der Waals surface area contributed by atoms with Crippen LogP contribution >= 0.6 is 22.9 Å². The molecule has 2 heterocycles. The minimum absolute atomic E-state index is 0.148. The molecule has 2 aromatic carbocycles. The minimum atomic E-state index is -0.154. The molecular formula is C23H21ClN2O3S. The molecule has 0 saturated heterocycles. The van der Waals surface area contributed by atoms with Crippen LogP contribution < -0.4 is 14.8 Å². The van der Waals surface area contributed by atoms with Crippen LogP contribution in [0.5, 0.6) is 11.5 Å². The minimum Gasteiger partial charge on any atom is -0.493 e. The molecule has 4 aromatic rings. The largest absolute Gasteiger partial charge is 0.493 e. The summed E-state index contributed by atoms with van der Waals surface area (Å²) in [4.78, 5) is 16.6. The van der Waals surface area contributed by atoms with Gasteiger partial charge in [0.05, 0.1) is 23.4 Å². The Labute approximate surface area is 183 Å². The van der Waals surface area contributed by atoms with E-state index in [2.05, 4.69) is 16.4 Å². The van der Waals surface area contributed by atoms with E-state index in [-0.39, 0.29) is 11.8 Å². The maximum atomic E-state index is 12.7. The van der Waals surface area contributed by atoms with E-state index in [4.69, 9.17) is 21.1 Å². The van der Waals surface area contributed by atoms with Gasteiger partial charge in [0.2, 0.25) is 0 Å². The van der Waals surface area contributed by atoms with E-state index in [0.717, 1.165) is 22.0 Å². The number of halogens is 1. The molecule has 0 bridgehead atoms. The summed E-state index contributed by atoms with van der Waals surface area (Å²) in [6.45, 7) is 0.389. The van der Waals surface area contributed by atoms with Crippen molar-refractivity contribution in [1.29, 1.82) is 0 Å². The molecule has 4 rings (SSSR count). The predicted molar refractivity (Wildman–Crippen MR) is 121 cm³/mol. The number of para-hydroxylation sites is 2. The number of benzene rings is 2. The number of aromatic amines is 1. The SMILES string of the molecule is COc1cccc(C(CNC(=O)c2ccc(Cl)s2)c2c[nH]c3ccccc23)c1OC. The van der Waals surface area contributed by atoms with Gasteiger partial charge in [-0.2, -0.15) is 0 Å². The van der Waals surface area contributed by atoms with Gasteiger partial charge >= 0.3 is 0 Å². The van der Waals surface area contributed by atoms with Gasteiger partial charge in [-0.1, -0.05) is 41.9 Å². The average Bonchev–Trinajstić information content (AvgIpc) is 3.40. The Hall–Kier alpha value is -2.96. The van der Waals surface area contributed by atoms with E-state index in [1.54, 1.807) is 26.4 Å². The molecule has 0 aliphatic heterocycles. The van der Waals surface area contributed by atoms with E-state index in [0.29, 0.717) is 27.3 Å². The lowest BCUT2D eigenvalue weighted by atomic mass is 9.89. The fourth-order valence-electron chi connectivity index (χ4n) is 3.67. The van der Waals surface area contributed by atoms with Crippen molar-refractivity contribution >= 4 is 39.7 Å². The van der Waals surface area contributed by atoms with Gasteiger partial charge < -0.3 is 19.8 Å². The number of carbonyl (C=O) groups is 1. The van der Waals surface area contributed by atoms with Gasteiger partial charge in [-0.05, 0) is 29.8 Å². The molecule has 1 amide bonds. The van der Waals surface area contributed by atoms with Crippen LogP contribution in [0.3, 0.4) is 0 Å². The molecule has 1 unspecified atom stereocenters. The Kier molecular flexibility index (Phi) is 5.97. The molecule has 5 nitrogen and oxygen atoms in total. The van der Waals surface area contributed by atoms with Crippen LogP contribution in [0.4, 0.5) is 0 Å². The third-order valence-corrected chi connectivity index (χ3v) is 6.30. The van der Waals surface area contributed by atoms with E-state index in [1.165, 1.54) is 11.3 Å². The van der Waals surface area contributed by atoms with Gasteiger partial charge in [0.1, 0.15) is 0 Å². The maximum absolute atomic E-state index is 12.7. The summed E-state index contributed by atoms with van der Waals surface area (Å²) in [5, 5.41) is 4.15. The van der Waals surface area contributed by atoms with Crippen molar-refractivity contribution in [3.63, 3.8) is 0 Å². The normalized spacial score (nSPS) is 12.0. The lowest BCUT2D eigenvalue weighted by molar-refractivity contribution is 0.0956. The molecular weight excluding hydrogens is 420 g/mol. The van der Waals surface area contributed by atoms with Crippen LogP contribution in [0, 0.1) is 0 Å². The van der Waals surface area contributed by atoms with E-state index < -0.39 is 0 Å². The van der Waals surface area contributed by atoms with Crippen molar-refractivity contribution in [1.82, 2.24) is 10.3 Å². The number of ether oxygens (including phenoxy) is 2. The number of hydrogen-bond acceptors (Lipinski definition) is 4. The molecule has 0 spiro atoms. The summed E-state index contributed by atoms with van der Waals surface area (Å²) >= 11 is 7.25. The number of fused-ring (bicyclic) bond motifs is 1. The highest BCUT2D eigenvalue weighted by molar-refractivity contribution is 7.18. The smallest absolute Gasteiger partial charge is 0.261 e. The lowest BCUT2D eigenvalue weighted by Crippen LogP contribution is -2.28. The summed E-state index contributed by atoms with van der Waals surface area (Å²) in [6, 6.07) is 17.4. The second-order valence-corrected chi connectivity index (χ2v) is 8.45. The zero-order chi connectivity index (χ0) is 21.1. The maximum Gasteiger partial charge on any atom is 0.261 e. The third kappa shape index (κ3) is 3.88. The Morgan fingerprint density at radius 2 is 1.90 bits per heavy atom. The summed E-state index contributed by atoms with van der Waals surface area (Å²) in [7, 11) is 3.24. The van der Waals surface area contributed by atoms with Crippen LogP contribution in [0.1, 0.15) is 26.7 Å². The second kappa shape index (κ2) is 8.81. The zero-order valence-corrected chi connectivity index (χ0v) is 18.1. The molecule has 0 aliphatic carbocycles. The Morgan fingerprint density at radius 1 is 1.07 bits per heavy atom. The number of aromatic nitrogens is 1. The van der Waals surface area contributed by atoms with Crippen molar-refractivity contribution in [3.05, 3.63) is 81.1 Å². The van der Waals surface area contributed by atoms with Crippen molar-refractivity contribution in [2.24, 2.45) is 0 Å². The van der Waals surface area contributed by atoms with Crippen LogP contribution in [0.2, 0.25) is 4.34 Å². The van der Waals surface area contributed by atoms with Crippen molar-refractivity contribution < 1.29 is 14.3 Å². The standard InChI is InChI=1S/C23H21ClN2O3S/c1-28-19-9-5-7-15(22(19)29-2)17(13-26-23(27)20-10-11-21(24)30-20)16-12-25-18-8-4-3-6-14(16)18/h3-12,17,25H,13H2,1-2H3,(H,26,27). The first-order valence-electron chi connectivity index (χ1n) is 9.42. The van der Waals surface area contributed by atoms with Gasteiger partial charge in [-0.15, -0.1) is 11.3 Å². The fourth-order valence-corrected chi connectivity index (χ4v) is 4.63. The number of thiophene rings is 1. The van der Waals surface area contributed by atoms with Crippen molar-refractivity contribution in [3.8, 4) is 11.5 Å². The van der Waals surface area contributed by atoms with Crippen LogP contribution in [0.15, 0.2) is 60.8 Å². The number of carbonyl (C=O) groups excluding carboxylic acids is 1. The monoisotopic (exact) mass is 440 g/mol. The first-order valence-corrected chi connectivity index (χ1v) is 10.6. The van der Waals surface area contributed by atoms with E-state index in [9.17, 15) is 4.79 Å². The number of nitrogens with one attached hydrogen (secondary N) is 2. The highest BCUT2D eigenvalue weighted by Crippen LogP contribution is 2.40. The van der Waals surface area contributed by atoms with Crippen LogP contribution in [-0.4, -0.2) is 31.7 Å². The molecule has 0 fully saturated rings. The first kappa shape index (κ1) is 20.3. The molecule has 0 radical (unpaired) electrons. The molecule has 0 aliphatic rings. The summed E-state index contributed by atoms with van der Waals surface area (Å²) in [5.74, 6) is 1.00. The molecule has 2 aromatic heterocycles. The average molecular weight is 441 g/mol. The number of methoxy groups -OCH3 is 2. The van der Waals surface area contributed by atoms with Gasteiger partial charge in [0.15, 0.2) is 11.5 Å². The molecule has 0 saturated carbocycles. The molecule has 1 atom stereocenters.